The molecule has 1 aromatic carbocycles. The number of carbonyl (C=O) groups excluding carboxylic acids is 2. The van der Waals surface area contributed by atoms with Crippen LogP contribution in [0.5, 0.6) is 0 Å². The third-order valence-corrected chi connectivity index (χ3v) is 6.39. The molecule has 33 heavy (non-hydrogen) atoms. The van der Waals surface area contributed by atoms with Crippen molar-refractivity contribution in [3.8, 4) is 0 Å². The fraction of sp³-hybridized carbons (Fsp3) is 0.348. The van der Waals surface area contributed by atoms with Gasteiger partial charge in [0.25, 0.3) is 11.5 Å². The number of halogens is 1. The Labute approximate surface area is 188 Å². The van der Waals surface area contributed by atoms with E-state index in [4.69, 9.17) is 0 Å². The topological polar surface area (TPSA) is 102 Å². The van der Waals surface area contributed by atoms with Gasteiger partial charge in [0.05, 0.1) is 11.7 Å². The number of pyridine rings is 1. The summed E-state index contributed by atoms with van der Waals surface area (Å²) in [6.45, 7) is 0. The highest BCUT2D eigenvalue weighted by atomic mass is 19.1. The largest absolute Gasteiger partial charge is 0.337 e. The summed E-state index contributed by atoms with van der Waals surface area (Å²) in [7, 11) is 3.25. The number of aryl methyl sites for hydroxylation is 3. The van der Waals surface area contributed by atoms with Crippen LogP contribution in [0.3, 0.4) is 0 Å². The van der Waals surface area contributed by atoms with E-state index in [1.807, 2.05) is 0 Å². The summed E-state index contributed by atoms with van der Waals surface area (Å²) in [5.74, 6) is -0.594. The second-order valence-electron chi connectivity index (χ2n) is 8.47. The fourth-order valence-corrected chi connectivity index (χ4v) is 4.58. The monoisotopic (exact) mass is 450 g/mol. The molecule has 2 amide bonds. The maximum absolute atomic E-state index is 14.3. The molecule has 2 aromatic heterocycles. The van der Waals surface area contributed by atoms with Crippen molar-refractivity contribution in [2.24, 2.45) is 7.05 Å². The first-order valence-corrected chi connectivity index (χ1v) is 10.8. The summed E-state index contributed by atoms with van der Waals surface area (Å²) < 4.78 is 17.3. The van der Waals surface area contributed by atoms with Gasteiger partial charge in [0.1, 0.15) is 17.7 Å². The third-order valence-electron chi connectivity index (χ3n) is 6.39. The molecule has 3 aromatic rings. The van der Waals surface area contributed by atoms with Gasteiger partial charge in [-0.3, -0.25) is 14.4 Å². The normalized spacial score (nSPS) is 19.7. The van der Waals surface area contributed by atoms with E-state index in [-0.39, 0.29) is 29.1 Å². The Hall–Kier alpha value is -3.82. The maximum atomic E-state index is 14.3. The van der Waals surface area contributed by atoms with E-state index in [0.717, 1.165) is 5.56 Å². The van der Waals surface area contributed by atoms with Gasteiger partial charge in [-0.1, -0.05) is 18.2 Å². The number of anilines is 1. The Balaban J connectivity index is 1.36. The number of rotatable bonds is 3. The highest BCUT2D eigenvalue weighted by Crippen LogP contribution is 2.32. The van der Waals surface area contributed by atoms with Crippen molar-refractivity contribution in [2.45, 2.75) is 37.8 Å². The predicted octanol–water partition coefficient (Wildman–Crippen LogP) is 1.36. The number of amides is 2. The summed E-state index contributed by atoms with van der Waals surface area (Å²) in [4.78, 5) is 43.7. The van der Waals surface area contributed by atoms with Gasteiger partial charge < -0.3 is 14.8 Å². The molecule has 170 valence electrons. The van der Waals surface area contributed by atoms with Crippen LogP contribution in [-0.4, -0.2) is 44.2 Å². The van der Waals surface area contributed by atoms with Crippen LogP contribution in [-0.2, 0) is 24.7 Å². The van der Waals surface area contributed by atoms with Crippen LogP contribution in [0.4, 0.5) is 10.1 Å². The molecule has 2 aliphatic rings. The molecule has 0 saturated heterocycles. The second-order valence-corrected chi connectivity index (χ2v) is 8.47. The Kier molecular flexibility index (Phi) is 5.07. The number of carbonyl (C=O) groups is 2. The summed E-state index contributed by atoms with van der Waals surface area (Å²) in [6.07, 6.45) is 3.68. The molecule has 0 aliphatic carbocycles. The minimum Gasteiger partial charge on any atom is -0.337 e. The molecule has 0 fully saturated rings. The van der Waals surface area contributed by atoms with Gasteiger partial charge in [0.15, 0.2) is 0 Å². The van der Waals surface area contributed by atoms with Gasteiger partial charge >= 0.3 is 0 Å². The Bertz CT molecular complexity index is 1330. The highest BCUT2D eigenvalue weighted by Gasteiger charge is 2.33. The summed E-state index contributed by atoms with van der Waals surface area (Å²) >= 11 is 0. The lowest BCUT2D eigenvalue weighted by molar-refractivity contribution is -0.120. The quantitative estimate of drug-likeness (QED) is 0.649. The maximum Gasteiger partial charge on any atom is 0.291 e. The molecular weight excluding hydrogens is 427 g/mol. The molecule has 1 N–H and O–H groups in total. The number of benzene rings is 1. The average Bonchev–Trinajstić information content (AvgIpc) is 3.36. The number of likely N-dealkylation sites (N-methyl/N-ethyl adjacent to an activating group) is 1. The lowest BCUT2D eigenvalue weighted by atomic mass is 10.0. The third kappa shape index (κ3) is 3.61. The molecule has 0 saturated carbocycles. The smallest absolute Gasteiger partial charge is 0.291 e. The summed E-state index contributed by atoms with van der Waals surface area (Å²) in [6, 6.07) is 6.93. The molecule has 0 spiro atoms. The molecule has 10 heteroatoms. The fourth-order valence-electron chi connectivity index (χ4n) is 4.58. The molecular formula is C23H23FN6O3. The van der Waals surface area contributed by atoms with E-state index in [2.05, 4.69) is 15.4 Å². The van der Waals surface area contributed by atoms with Crippen molar-refractivity contribution in [1.82, 2.24) is 24.6 Å². The standard InChI is InChI=1S/C23H23FN6O3/c1-28-12-18-13(11-20(28)31)7-8-16(23(33)29(18)2)25-22(32)21-26-19-10-9-17(30(19)27-21)14-5-3-4-6-15(14)24/h3-6,11-12,16-17H,7-10H2,1-2H3,(H,25,32). The first-order chi connectivity index (χ1) is 15.8. The van der Waals surface area contributed by atoms with Crippen molar-refractivity contribution < 1.29 is 14.0 Å². The predicted molar refractivity (Wildman–Crippen MR) is 118 cm³/mol. The van der Waals surface area contributed by atoms with Crippen LogP contribution in [0.2, 0.25) is 0 Å². The van der Waals surface area contributed by atoms with Gasteiger partial charge in [-0.05, 0) is 30.9 Å². The molecule has 5 rings (SSSR count). The number of fused-ring (bicyclic) bond motifs is 2. The Morgan fingerprint density at radius 1 is 1.15 bits per heavy atom. The van der Waals surface area contributed by atoms with E-state index in [1.165, 1.54) is 21.6 Å². The van der Waals surface area contributed by atoms with Crippen LogP contribution in [0.1, 0.15) is 46.5 Å². The van der Waals surface area contributed by atoms with Crippen LogP contribution < -0.4 is 15.8 Å². The summed E-state index contributed by atoms with van der Waals surface area (Å²) in [5.41, 5.74) is 1.76. The second kappa shape index (κ2) is 7.95. The highest BCUT2D eigenvalue weighted by molar-refractivity contribution is 6.01. The zero-order valence-corrected chi connectivity index (χ0v) is 18.3. The lowest BCUT2D eigenvalue weighted by Gasteiger charge is -2.22. The van der Waals surface area contributed by atoms with Gasteiger partial charge in [-0.15, -0.1) is 5.10 Å². The number of hydrogen-bond acceptors (Lipinski definition) is 5. The zero-order chi connectivity index (χ0) is 23.3. The SMILES string of the molecule is CN1C(=O)C(NC(=O)c2nc3n(n2)C(c2ccccc2F)CC3)CCc2cc(=O)n(C)cc21. The first-order valence-electron chi connectivity index (χ1n) is 10.8. The molecule has 9 nitrogen and oxygen atoms in total. The molecule has 2 aliphatic heterocycles. The van der Waals surface area contributed by atoms with Gasteiger partial charge in [0.2, 0.25) is 11.7 Å². The Morgan fingerprint density at radius 3 is 2.73 bits per heavy atom. The Morgan fingerprint density at radius 2 is 1.94 bits per heavy atom. The number of nitrogens with one attached hydrogen (secondary N) is 1. The van der Waals surface area contributed by atoms with Crippen molar-refractivity contribution in [3.05, 3.63) is 75.5 Å². The minimum atomic E-state index is -0.781. The van der Waals surface area contributed by atoms with Crippen LogP contribution >= 0.6 is 0 Å². The van der Waals surface area contributed by atoms with Crippen molar-refractivity contribution >= 4 is 17.5 Å². The number of hydrogen-bond donors (Lipinski definition) is 1. The number of nitrogens with zero attached hydrogens (tertiary/aromatic N) is 5. The van der Waals surface area contributed by atoms with Gasteiger partial charge in [-0.2, -0.15) is 0 Å². The van der Waals surface area contributed by atoms with E-state index in [0.29, 0.717) is 42.8 Å². The van der Waals surface area contributed by atoms with Gasteiger partial charge in [0, 0.05) is 38.3 Å². The molecule has 2 unspecified atom stereocenters. The molecule has 0 bridgehead atoms. The average molecular weight is 450 g/mol. The van der Waals surface area contributed by atoms with E-state index in [1.54, 1.807) is 43.2 Å². The van der Waals surface area contributed by atoms with Crippen molar-refractivity contribution in [1.29, 1.82) is 0 Å². The molecule has 4 heterocycles. The minimum absolute atomic E-state index is 0.0449. The van der Waals surface area contributed by atoms with Crippen molar-refractivity contribution in [3.63, 3.8) is 0 Å². The van der Waals surface area contributed by atoms with Crippen LogP contribution in [0.15, 0.2) is 41.3 Å². The van der Waals surface area contributed by atoms with E-state index < -0.39 is 11.9 Å². The van der Waals surface area contributed by atoms with Crippen LogP contribution in [0.25, 0.3) is 0 Å². The van der Waals surface area contributed by atoms with Gasteiger partial charge in [-0.25, -0.2) is 14.1 Å². The summed E-state index contributed by atoms with van der Waals surface area (Å²) in [5, 5.41) is 7.09. The van der Waals surface area contributed by atoms with E-state index in [9.17, 15) is 18.8 Å². The van der Waals surface area contributed by atoms with Crippen molar-refractivity contribution in [2.75, 3.05) is 11.9 Å². The zero-order valence-electron chi connectivity index (χ0n) is 18.3. The lowest BCUT2D eigenvalue weighted by Crippen LogP contribution is -2.47. The first kappa shape index (κ1) is 21.0. The van der Waals surface area contributed by atoms with E-state index >= 15 is 0 Å². The number of aromatic nitrogens is 4. The molecule has 2 atom stereocenters. The molecule has 0 radical (unpaired) electrons. The van der Waals surface area contributed by atoms with Crippen LogP contribution in [0, 0.1) is 5.82 Å².